The third-order valence-corrected chi connectivity index (χ3v) is 4.37. The number of aromatic amines is 1. The Labute approximate surface area is 161 Å². The summed E-state index contributed by atoms with van der Waals surface area (Å²) in [6, 6.07) is 24.0. The van der Waals surface area contributed by atoms with Gasteiger partial charge in [-0.25, -0.2) is 4.98 Å². The van der Waals surface area contributed by atoms with Crippen molar-refractivity contribution in [3.8, 4) is 0 Å². The molecule has 4 aromatic rings. The molecule has 0 fully saturated rings. The van der Waals surface area contributed by atoms with Gasteiger partial charge in [0.25, 0.3) is 0 Å². The number of aromatic nitrogens is 2. The van der Waals surface area contributed by atoms with Crippen LogP contribution in [-0.4, -0.2) is 21.8 Å². The molecule has 0 saturated carbocycles. The van der Waals surface area contributed by atoms with Gasteiger partial charge in [0.05, 0.1) is 23.9 Å². The molecule has 0 atom stereocenters. The molecule has 2 N–H and O–H groups in total. The number of amides is 2. The van der Waals surface area contributed by atoms with Gasteiger partial charge >= 0.3 is 11.8 Å². The highest BCUT2D eigenvalue weighted by molar-refractivity contribution is 6.44. The summed E-state index contributed by atoms with van der Waals surface area (Å²) in [6.07, 6.45) is 1.58. The van der Waals surface area contributed by atoms with Gasteiger partial charge in [0.1, 0.15) is 0 Å². The van der Waals surface area contributed by atoms with E-state index in [0.717, 1.165) is 16.6 Å². The smallest absolute Gasteiger partial charge is 0.316 e. The molecule has 6 heteroatoms. The van der Waals surface area contributed by atoms with Crippen molar-refractivity contribution >= 4 is 34.2 Å². The Morgan fingerprint density at radius 1 is 0.929 bits per heavy atom. The second kappa shape index (κ2) is 7.75. The largest absolute Gasteiger partial charge is 0.345 e. The molecule has 6 nitrogen and oxygen atoms in total. The highest BCUT2D eigenvalue weighted by Gasteiger charge is 2.23. The first-order valence-electron chi connectivity index (χ1n) is 8.86. The predicted octanol–water partition coefficient (Wildman–Crippen LogP) is 3.73. The molecular formula is C22H18N4O2. The van der Waals surface area contributed by atoms with Crippen LogP contribution in [0.25, 0.3) is 11.0 Å². The van der Waals surface area contributed by atoms with Crippen LogP contribution < -0.4 is 10.2 Å². The zero-order valence-electron chi connectivity index (χ0n) is 15.0. The van der Waals surface area contributed by atoms with E-state index in [9.17, 15) is 9.59 Å². The number of anilines is 2. The minimum atomic E-state index is -0.696. The lowest BCUT2D eigenvalue weighted by atomic mass is 10.2. The summed E-state index contributed by atoms with van der Waals surface area (Å²) in [4.78, 5) is 34.2. The van der Waals surface area contributed by atoms with E-state index < -0.39 is 11.8 Å². The number of imidazole rings is 1. The molecule has 0 unspecified atom stereocenters. The minimum Gasteiger partial charge on any atom is -0.345 e. The quantitative estimate of drug-likeness (QED) is 0.537. The molecule has 0 aliphatic heterocycles. The van der Waals surface area contributed by atoms with Crippen LogP contribution in [0, 0.1) is 0 Å². The maximum absolute atomic E-state index is 13.0. The number of benzene rings is 3. The number of carbonyl (C=O) groups is 2. The molecule has 0 spiro atoms. The molecule has 4 rings (SSSR count). The molecule has 28 heavy (non-hydrogen) atoms. The first-order chi connectivity index (χ1) is 13.7. The predicted molar refractivity (Wildman–Crippen MR) is 109 cm³/mol. The number of fused-ring (bicyclic) bond motifs is 1. The van der Waals surface area contributed by atoms with Crippen LogP contribution >= 0.6 is 0 Å². The number of hydrogen-bond donors (Lipinski definition) is 2. The van der Waals surface area contributed by atoms with Gasteiger partial charge in [-0.05, 0) is 35.9 Å². The van der Waals surface area contributed by atoms with Crippen molar-refractivity contribution in [3.63, 3.8) is 0 Å². The number of hydrogen-bond acceptors (Lipinski definition) is 3. The normalized spacial score (nSPS) is 10.6. The van der Waals surface area contributed by atoms with Gasteiger partial charge in [-0.2, -0.15) is 0 Å². The van der Waals surface area contributed by atoms with Crippen molar-refractivity contribution in [1.82, 2.24) is 9.97 Å². The molecule has 2 amide bonds. The maximum atomic E-state index is 13.0. The first-order valence-corrected chi connectivity index (χ1v) is 8.86. The molecule has 1 aromatic heterocycles. The van der Waals surface area contributed by atoms with Crippen LogP contribution in [0.4, 0.5) is 11.4 Å². The summed E-state index contributed by atoms with van der Waals surface area (Å²) in [5.74, 6) is -1.32. The first kappa shape index (κ1) is 17.5. The summed E-state index contributed by atoms with van der Waals surface area (Å²) in [5, 5.41) is 2.68. The Morgan fingerprint density at radius 2 is 1.64 bits per heavy atom. The van der Waals surface area contributed by atoms with E-state index in [0.29, 0.717) is 17.9 Å². The average molecular weight is 370 g/mol. The lowest BCUT2D eigenvalue weighted by Crippen LogP contribution is -2.39. The zero-order valence-corrected chi connectivity index (χ0v) is 15.0. The average Bonchev–Trinajstić information content (AvgIpc) is 3.21. The molecular weight excluding hydrogens is 352 g/mol. The number of H-pyrrole nitrogens is 1. The molecule has 0 saturated heterocycles. The lowest BCUT2D eigenvalue weighted by molar-refractivity contribution is -0.134. The van der Waals surface area contributed by atoms with Crippen molar-refractivity contribution < 1.29 is 9.59 Å². The third kappa shape index (κ3) is 3.76. The summed E-state index contributed by atoms with van der Waals surface area (Å²) < 4.78 is 0. The summed E-state index contributed by atoms with van der Waals surface area (Å²) in [5.41, 5.74) is 3.71. The van der Waals surface area contributed by atoms with Crippen LogP contribution in [0.15, 0.2) is 85.2 Å². The van der Waals surface area contributed by atoms with Gasteiger partial charge in [0.15, 0.2) is 0 Å². The number of nitrogens with one attached hydrogen (secondary N) is 2. The highest BCUT2D eigenvalue weighted by Crippen LogP contribution is 2.19. The van der Waals surface area contributed by atoms with Gasteiger partial charge in [-0.15, -0.1) is 0 Å². The molecule has 0 bridgehead atoms. The third-order valence-electron chi connectivity index (χ3n) is 4.37. The Bertz CT molecular complexity index is 1110. The molecule has 0 radical (unpaired) electrons. The SMILES string of the molecule is O=C(Nc1ccc2nc[nH]c2c1)C(=O)N(Cc1ccccc1)c1ccccc1. The van der Waals surface area contributed by atoms with Crippen molar-refractivity contribution in [1.29, 1.82) is 0 Å². The van der Waals surface area contributed by atoms with Gasteiger partial charge < -0.3 is 10.3 Å². The standard InChI is InChI=1S/C22H18N4O2/c27-21(25-17-11-12-19-20(13-17)24-15-23-19)22(28)26(18-9-5-2-6-10-18)14-16-7-3-1-4-8-16/h1-13,15H,14H2,(H,23,24)(H,25,27). The van der Waals surface area contributed by atoms with E-state index in [2.05, 4.69) is 15.3 Å². The Hall–Kier alpha value is -3.93. The van der Waals surface area contributed by atoms with Crippen LogP contribution in [0.2, 0.25) is 0 Å². The fourth-order valence-corrected chi connectivity index (χ4v) is 2.97. The van der Waals surface area contributed by atoms with Crippen molar-refractivity contribution in [2.75, 3.05) is 10.2 Å². The van der Waals surface area contributed by atoms with Crippen LogP contribution in [0.1, 0.15) is 5.56 Å². The Kier molecular flexibility index (Phi) is 4.84. The minimum absolute atomic E-state index is 0.302. The molecule has 1 heterocycles. The topological polar surface area (TPSA) is 78.1 Å². The maximum Gasteiger partial charge on any atom is 0.316 e. The second-order valence-electron chi connectivity index (χ2n) is 6.30. The van der Waals surface area contributed by atoms with Crippen LogP contribution in [0.3, 0.4) is 0 Å². The van der Waals surface area contributed by atoms with Crippen LogP contribution in [-0.2, 0) is 16.1 Å². The summed E-state index contributed by atoms with van der Waals surface area (Å²) in [6.45, 7) is 0.302. The summed E-state index contributed by atoms with van der Waals surface area (Å²) in [7, 11) is 0. The van der Waals surface area contributed by atoms with Gasteiger partial charge in [-0.3, -0.25) is 14.5 Å². The van der Waals surface area contributed by atoms with Crippen molar-refractivity contribution in [2.45, 2.75) is 6.54 Å². The van der Waals surface area contributed by atoms with Gasteiger partial charge in [0.2, 0.25) is 0 Å². The molecule has 0 aliphatic rings. The Morgan fingerprint density at radius 3 is 2.39 bits per heavy atom. The number of para-hydroxylation sites is 1. The van der Waals surface area contributed by atoms with E-state index in [1.807, 2.05) is 60.7 Å². The van der Waals surface area contributed by atoms with E-state index in [1.54, 1.807) is 24.5 Å². The molecule has 0 aliphatic carbocycles. The van der Waals surface area contributed by atoms with E-state index in [4.69, 9.17) is 0 Å². The van der Waals surface area contributed by atoms with Gasteiger partial charge in [-0.1, -0.05) is 48.5 Å². The lowest BCUT2D eigenvalue weighted by Gasteiger charge is -2.22. The molecule has 138 valence electrons. The van der Waals surface area contributed by atoms with E-state index in [1.165, 1.54) is 4.90 Å². The van der Waals surface area contributed by atoms with E-state index >= 15 is 0 Å². The zero-order chi connectivity index (χ0) is 19.3. The number of rotatable bonds is 4. The van der Waals surface area contributed by atoms with E-state index in [-0.39, 0.29) is 0 Å². The van der Waals surface area contributed by atoms with Gasteiger partial charge in [0, 0.05) is 11.4 Å². The fourth-order valence-electron chi connectivity index (χ4n) is 2.97. The van der Waals surface area contributed by atoms with Crippen molar-refractivity contribution in [2.24, 2.45) is 0 Å². The highest BCUT2D eigenvalue weighted by atomic mass is 16.2. The molecule has 3 aromatic carbocycles. The number of carbonyl (C=O) groups excluding carboxylic acids is 2. The summed E-state index contributed by atoms with van der Waals surface area (Å²) >= 11 is 0. The van der Waals surface area contributed by atoms with Crippen LogP contribution in [0.5, 0.6) is 0 Å². The monoisotopic (exact) mass is 370 g/mol. The Balaban J connectivity index is 1.57. The number of nitrogens with zero attached hydrogens (tertiary/aromatic N) is 2. The fraction of sp³-hybridized carbons (Fsp3) is 0.0455. The second-order valence-corrected chi connectivity index (χ2v) is 6.30. The van der Waals surface area contributed by atoms with Crippen molar-refractivity contribution in [3.05, 3.63) is 90.8 Å².